The SMILES string of the molecule is CCCCC(O)C#CC1C(O)CC2=C(NOCCC(=O)O)CC21. The molecule has 0 spiro atoms. The summed E-state index contributed by atoms with van der Waals surface area (Å²) in [4.78, 5) is 15.5. The molecule has 0 saturated heterocycles. The van der Waals surface area contributed by atoms with Gasteiger partial charge in [0.1, 0.15) is 6.10 Å². The number of fused-ring (bicyclic) bond motifs is 1. The van der Waals surface area contributed by atoms with Crippen LogP contribution in [0.4, 0.5) is 0 Å². The van der Waals surface area contributed by atoms with Crippen LogP contribution < -0.4 is 5.48 Å². The van der Waals surface area contributed by atoms with Gasteiger partial charge in [0.05, 0.1) is 25.0 Å². The van der Waals surface area contributed by atoms with Gasteiger partial charge >= 0.3 is 5.97 Å². The molecule has 0 heterocycles. The molecular formula is C17H25NO5. The molecule has 0 bridgehead atoms. The number of aliphatic carboxylic acids is 1. The number of aliphatic hydroxyl groups excluding tert-OH is 2. The fourth-order valence-electron chi connectivity index (χ4n) is 3.05. The van der Waals surface area contributed by atoms with Crippen LogP contribution in [0.15, 0.2) is 11.3 Å². The molecule has 0 aromatic carbocycles. The van der Waals surface area contributed by atoms with E-state index in [-0.39, 0.29) is 24.9 Å². The van der Waals surface area contributed by atoms with Gasteiger partial charge in [0.2, 0.25) is 0 Å². The van der Waals surface area contributed by atoms with Crippen LogP contribution in [0.3, 0.4) is 0 Å². The number of rotatable bonds is 8. The average Bonchev–Trinajstić information content (AvgIpc) is 2.74. The molecule has 4 unspecified atom stereocenters. The second-order valence-corrected chi connectivity index (χ2v) is 6.15. The molecule has 2 aliphatic rings. The predicted molar refractivity (Wildman–Crippen MR) is 83.9 cm³/mol. The van der Waals surface area contributed by atoms with Crippen molar-refractivity contribution in [3.8, 4) is 11.8 Å². The third-order valence-electron chi connectivity index (χ3n) is 4.40. The summed E-state index contributed by atoms with van der Waals surface area (Å²) in [6, 6.07) is 0. The third-order valence-corrected chi connectivity index (χ3v) is 4.40. The van der Waals surface area contributed by atoms with Crippen LogP contribution in [0.25, 0.3) is 0 Å². The molecule has 2 rings (SSSR count). The van der Waals surface area contributed by atoms with Crippen molar-refractivity contribution < 1.29 is 25.0 Å². The minimum atomic E-state index is -0.899. The highest BCUT2D eigenvalue weighted by molar-refractivity contribution is 5.66. The molecule has 0 aromatic heterocycles. The zero-order chi connectivity index (χ0) is 16.8. The lowest BCUT2D eigenvalue weighted by Crippen LogP contribution is -2.30. The van der Waals surface area contributed by atoms with E-state index in [0.717, 1.165) is 30.5 Å². The lowest BCUT2D eigenvalue weighted by Gasteiger charge is -2.30. The lowest BCUT2D eigenvalue weighted by atomic mass is 9.79. The number of aliphatic hydroxyl groups is 2. The highest BCUT2D eigenvalue weighted by atomic mass is 16.6. The maximum atomic E-state index is 10.4. The first-order valence-electron chi connectivity index (χ1n) is 8.21. The van der Waals surface area contributed by atoms with Crippen LogP contribution in [0, 0.1) is 23.7 Å². The standard InChI is InChI=1S/C17H25NO5/c1-2-3-4-11(19)5-6-12-13-9-15(14(13)10-16(12)20)18-23-8-7-17(21)22/h11-13,16,18-20H,2-4,7-10H2,1H3,(H,21,22). The Kier molecular flexibility index (Phi) is 6.46. The first kappa shape index (κ1) is 17.8. The van der Waals surface area contributed by atoms with Gasteiger partial charge in [0.25, 0.3) is 0 Å². The second-order valence-electron chi connectivity index (χ2n) is 6.15. The van der Waals surface area contributed by atoms with Gasteiger partial charge in [0, 0.05) is 11.6 Å². The van der Waals surface area contributed by atoms with Crippen molar-refractivity contribution in [2.45, 2.75) is 57.7 Å². The van der Waals surface area contributed by atoms with Gasteiger partial charge < -0.3 is 15.3 Å². The van der Waals surface area contributed by atoms with Gasteiger partial charge in [-0.3, -0.25) is 15.1 Å². The van der Waals surface area contributed by atoms with Crippen molar-refractivity contribution in [3.63, 3.8) is 0 Å². The number of carboxylic acids is 1. The Labute approximate surface area is 136 Å². The summed E-state index contributed by atoms with van der Waals surface area (Å²) in [6.07, 6.45) is 2.75. The van der Waals surface area contributed by atoms with Gasteiger partial charge in [-0.15, -0.1) is 0 Å². The lowest BCUT2D eigenvalue weighted by molar-refractivity contribution is -0.138. The average molecular weight is 323 g/mol. The highest BCUT2D eigenvalue weighted by Gasteiger charge is 2.45. The molecular weight excluding hydrogens is 298 g/mol. The molecule has 0 aromatic rings. The Balaban J connectivity index is 1.83. The van der Waals surface area contributed by atoms with Crippen LogP contribution in [0.5, 0.6) is 0 Å². The van der Waals surface area contributed by atoms with Crippen molar-refractivity contribution in [1.82, 2.24) is 5.48 Å². The van der Waals surface area contributed by atoms with Crippen molar-refractivity contribution in [1.29, 1.82) is 0 Å². The van der Waals surface area contributed by atoms with E-state index in [0.29, 0.717) is 12.8 Å². The largest absolute Gasteiger partial charge is 0.481 e. The van der Waals surface area contributed by atoms with Gasteiger partial charge in [-0.1, -0.05) is 31.6 Å². The number of nitrogens with one attached hydrogen (secondary N) is 1. The number of carboxylic acid groups (broad SMARTS) is 1. The quantitative estimate of drug-likeness (QED) is 0.304. The Morgan fingerprint density at radius 2 is 2.26 bits per heavy atom. The zero-order valence-corrected chi connectivity index (χ0v) is 13.4. The van der Waals surface area contributed by atoms with Crippen molar-refractivity contribution >= 4 is 5.97 Å². The van der Waals surface area contributed by atoms with Crippen LogP contribution in [0.1, 0.15) is 45.4 Å². The first-order chi connectivity index (χ1) is 11.0. The van der Waals surface area contributed by atoms with E-state index in [2.05, 4.69) is 24.2 Å². The molecule has 2 aliphatic carbocycles. The van der Waals surface area contributed by atoms with E-state index in [9.17, 15) is 15.0 Å². The van der Waals surface area contributed by atoms with E-state index in [1.165, 1.54) is 0 Å². The van der Waals surface area contributed by atoms with Gasteiger partial charge in [-0.25, -0.2) is 0 Å². The predicted octanol–water partition coefficient (Wildman–Crippen LogP) is 1.19. The van der Waals surface area contributed by atoms with Gasteiger partial charge in [-0.05, 0) is 24.8 Å². The molecule has 1 saturated carbocycles. The van der Waals surface area contributed by atoms with E-state index in [1.807, 2.05) is 0 Å². The van der Waals surface area contributed by atoms with Crippen molar-refractivity contribution in [2.75, 3.05) is 6.61 Å². The molecule has 4 atom stereocenters. The van der Waals surface area contributed by atoms with Crippen molar-refractivity contribution in [2.24, 2.45) is 11.8 Å². The van der Waals surface area contributed by atoms with Crippen LogP contribution >= 0.6 is 0 Å². The van der Waals surface area contributed by atoms with E-state index >= 15 is 0 Å². The highest BCUT2D eigenvalue weighted by Crippen LogP contribution is 2.48. The van der Waals surface area contributed by atoms with E-state index in [4.69, 9.17) is 9.94 Å². The van der Waals surface area contributed by atoms with Gasteiger partial charge in [-0.2, -0.15) is 0 Å². The van der Waals surface area contributed by atoms with Crippen molar-refractivity contribution in [3.05, 3.63) is 11.3 Å². The van der Waals surface area contributed by atoms with Crippen LogP contribution in [0.2, 0.25) is 0 Å². The summed E-state index contributed by atoms with van der Waals surface area (Å²) < 4.78 is 0. The minimum absolute atomic E-state index is 0.0502. The molecule has 6 heteroatoms. The second kappa shape index (κ2) is 8.34. The van der Waals surface area contributed by atoms with Gasteiger partial charge in [0.15, 0.2) is 0 Å². The Bertz CT molecular complexity index is 519. The summed E-state index contributed by atoms with van der Waals surface area (Å²) >= 11 is 0. The number of carbonyl (C=O) groups is 1. The summed E-state index contributed by atoms with van der Waals surface area (Å²) in [5, 5.41) is 28.5. The zero-order valence-electron chi connectivity index (χ0n) is 13.4. The molecule has 0 aliphatic heterocycles. The minimum Gasteiger partial charge on any atom is -0.481 e. The summed E-state index contributed by atoms with van der Waals surface area (Å²) in [5.74, 6) is 5.08. The monoisotopic (exact) mass is 323 g/mol. The van der Waals surface area contributed by atoms with E-state index < -0.39 is 18.2 Å². The fourth-order valence-corrected chi connectivity index (χ4v) is 3.05. The van der Waals surface area contributed by atoms with E-state index in [1.54, 1.807) is 0 Å². The normalized spacial score (nSPS) is 26.8. The number of hydrogen-bond acceptors (Lipinski definition) is 5. The Morgan fingerprint density at radius 3 is 2.96 bits per heavy atom. The molecule has 6 nitrogen and oxygen atoms in total. The maximum absolute atomic E-state index is 10.4. The fraction of sp³-hybridized carbons (Fsp3) is 0.706. The summed E-state index contributed by atoms with van der Waals surface area (Å²) in [6.45, 7) is 2.17. The molecule has 23 heavy (non-hydrogen) atoms. The maximum Gasteiger partial charge on any atom is 0.305 e. The summed E-state index contributed by atoms with van der Waals surface area (Å²) in [7, 11) is 0. The molecule has 4 N–H and O–H groups in total. The first-order valence-corrected chi connectivity index (χ1v) is 8.21. The number of unbranched alkanes of at least 4 members (excludes halogenated alkanes) is 1. The number of hydrogen-bond donors (Lipinski definition) is 4. The molecule has 0 amide bonds. The number of hydroxylamine groups is 1. The molecule has 1 fully saturated rings. The van der Waals surface area contributed by atoms with Crippen LogP contribution in [-0.4, -0.2) is 40.1 Å². The Hall–Kier alpha value is -1.55. The number of allylic oxidation sites excluding steroid dienone is 1. The molecule has 128 valence electrons. The topological polar surface area (TPSA) is 99.0 Å². The molecule has 0 radical (unpaired) electrons. The third kappa shape index (κ3) is 4.71. The van der Waals surface area contributed by atoms with Crippen LogP contribution in [-0.2, 0) is 9.63 Å². The smallest absolute Gasteiger partial charge is 0.305 e. The Morgan fingerprint density at radius 1 is 1.48 bits per heavy atom. The summed E-state index contributed by atoms with van der Waals surface area (Å²) in [5.41, 5.74) is 4.82.